The number of hydrogen-bond donors (Lipinski definition) is 1. The summed E-state index contributed by atoms with van der Waals surface area (Å²) < 4.78 is 52.1. The molecule has 8 nitrogen and oxygen atoms in total. The van der Waals surface area contributed by atoms with Gasteiger partial charge in [-0.1, -0.05) is 30.3 Å². The first-order valence-corrected chi connectivity index (χ1v) is 14.4. The number of nitrogens with zero attached hydrogens (tertiary/aromatic N) is 3. The molecule has 41 heavy (non-hydrogen) atoms. The lowest BCUT2D eigenvalue weighted by atomic mass is 9.98. The van der Waals surface area contributed by atoms with Gasteiger partial charge in [-0.15, -0.1) is 0 Å². The summed E-state index contributed by atoms with van der Waals surface area (Å²) in [6.45, 7) is 3.48. The van der Waals surface area contributed by atoms with Crippen LogP contribution >= 0.6 is 0 Å². The number of aromatic nitrogens is 2. The number of carbonyl (C=O) groups excluding carboxylic acids is 1. The van der Waals surface area contributed by atoms with Crippen molar-refractivity contribution in [2.75, 3.05) is 6.26 Å². The van der Waals surface area contributed by atoms with E-state index >= 15 is 0 Å². The molecule has 4 aromatic rings. The highest BCUT2D eigenvalue weighted by molar-refractivity contribution is 7.90. The largest absolute Gasteiger partial charge is 0.348 e. The molecule has 0 aliphatic rings. The number of sulfone groups is 1. The summed E-state index contributed by atoms with van der Waals surface area (Å²) in [5.74, 6) is -0.692. The molecule has 0 bridgehead atoms. The van der Waals surface area contributed by atoms with E-state index in [9.17, 15) is 26.8 Å². The van der Waals surface area contributed by atoms with Crippen LogP contribution < -0.4 is 10.7 Å². The number of hydrogen-bond acceptors (Lipinski definition) is 6. The van der Waals surface area contributed by atoms with Gasteiger partial charge in [0.2, 0.25) is 5.43 Å². The molecule has 0 saturated carbocycles. The Balaban J connectivity index is 1.78. The van der Waals surface area contributed by atoms with Gasteiger partial charge in [0.05, 0.1) is 22.2 Å². The summed E-state index contributed by atoms with van der Waals surface area (Å²) in [5.41, 5.74) is 1.21. The van der Waals surface area contributed by atoms with Crippen molar-refractivity contribution in [3.8, 4) is 17.2 Å². The van der Waals surface area contributed by atoms with Crippen LogP contribution in [0.5, 0.6) is 0 Å². The van der Waals surface area contributed by atoms with Crippen LogP contribution in [0.2, 0.25) is 0 Å². The molecule has 2 heterocycles. The van der Waals surface area contributed by atoms with Gasteiger partial charge >= 0.3 is 0 Å². The van der Waals surface area contributed by atoms with E-state index < -0.39 is 33.6 Å². The second-order valence-electron chi connectivity index (χ2n) is 9.52. The van der Waals surface area contributed by atoms with E-state index in [1.807, 2.05) is 6.07 Å². The highest BCUT2D eigenvalue weighted by Gasteiger charge is 2.23. The lowest BCUT2D eigenvalue weighted by Gasteiger charge is -2.22. The van der Waals surface area contributed by atoms with E-state index in [-0.39, 0.29) is 33.7 Å². The fourth-order valence-corrected chi connectivity index (χ4v) is 5.08. The van der Waals surface area contributed by atoms with Crippen LogP contribution in [0.15, 0.2) is 82.7 Å². The van der Waals surface area contributed by atoms with Crippen LogP contribution in [-0.2, 0) is 16.4 Å². The molecule has 0 fully saturated rings. The second-order valence-corrected chi connectivity index (χ2v) is 11.5. The summed E-state index contributed by atoms with van der Waals surface area (Å²) >= 11 is 0. The Kier molecular flexibility index (Phi) is 8.44. The predicted octanol–water partition coefficient (Wildman–Crippen LogP) is 4.97. The Morgan fingerprint density at radius 1 is 1.12 bits per heavy atom. The highest BCUT2D eigenvalue weighted by Crippen LogP contribution is 2.29. The third kappa shape index (κ3) is 6.39. The Morgan fingerprint density at radius 2 is 1.83 bits per heavy atom. The first-order valence-electron chi connectivity index (χ1n) is 12.5. The number of rotatable bonds is 8. The first kappa shape index (κ1) is 29.3. The number of halogens is 2. The number of carbonyl (C=O) groups is 1. The SMILES string of the molecule is Cc1c(-c2cccc(C(F)F)c2)c(=O)c(C(=O)NCc2ccc(S(C)(=O)=O)cc2)cn1C(C)c1ccc(C#N)cn1. The molecule has 2 aromatic heterocycles. The normalized spacial score (nSPS) is 12.1. The number of nitriles is 1. The van der Waals surface area contributed by atoms with Crippen molar-refractivity contribution < 1.29 is 22.0 Å². The molecule has 1 amide bonds. The zero-order valence-electron chi connectivity index (χ0n) is 22.4. The Hall–Kier alpha value is -4.69. The summed E-state index contributed by atoms with van der Waals surface area (Å²) in [5, 5.41) is 11.8. The van der Waals surface area contributed by atoms with E-state index in [2.05, 4.69) is 10.3 Å². The lowest BCUT2D eigenvalue weighted by molar-refractivity contribution is 0.0949. The van der Waals surface area contributed by atoms with Crippen molar-refractivity contribution >= 4 is 15.7 Å². The summed E-state index contributed by atoms with van der Waals surface area (Å²) in [6.07, 6.45) is 1.17. The van der Waals surface area contributed by atoms with Crippen LogP contribution in [0, 0.1) is 18.3 Å². The molecule has 4 rings (SSSR count). The average molecular weight is 577 g/mol. The van der Waals surface area contributed by atoms with E-state index in [0.717, 1.165) is 6.26 Å². The van der Waals surface area contributed by atoms with Gasteiger partial charge in [0.1, 0.15) is 11.6 Å². The number of alkyl halides is 2. The van der Waals surface area contributed by atoms with Crippen LogP contribution in [0.3, 0.4) is 0 Å². The van der Waals surface area contributed by atoms with Crippen molar-refractivity contribution in [3.05, 3.63) is 117 Å². The molecule has 1 unspecified atom stereocenters. The first-order chi connectivity index (χ1) is 19.4. The van der Waals surface area contributed by atoms with Gasteiger partial charge in [0.25, 0.3) is 12.3 Å². The molecule has 210 valence electrons. The van der Waals surface area contributed by atoms with Crippen molar-refractivity contribution in [1.29, 1.82) is 5.26 Å². The van der Waals surface area contributed by atoms with Crippen LogP contribution in [-0.4, -0.2) is 30.1 Å². The fourth-order valence-electron chi connectivity index (χ4n) is 4.45. The summed E-state index contributed by atoms with van der Waals surface area (Å²) in [6, 6.07) is 16.2. The van der Waals surface area contributed by atoms with E-state index in [1.54, 1.807) is 42.7 Å². The fraction of sp³-hybridized carbons (Fsp3) is 0.200. The van der Waals surface area contributed by atoms with Crippen molar-refractivity contribution in [3.63, 3.8) is 0 Å². The predicted molar refractivity (Wildman–Crippen MR) is 149 cm³/mol. The smallest absolute Gasteiger partial charge is 0.263 e. The summed E-state index contributed by atoms with van der Waals surface area (Å²) in [7, 11) is -3.38. The van der Waals surface area contributed by atoms with Gasteiger partial charge in [-0.05, 0) is 55.3 Å². The molecule has 2 aromatic carbocycles. The van der Waals surface area contributed by atoms with Gasteiger partial charge in [0.15, 0.2) is 9.84 Å². The minimum atomic E-state index is -3.38. The quantitative estimate of drug-likeness (QED) is 0.316. The number of nitrogens with one attached hydrogen (secondary N) is 1. The number of pyridine rings is 2. The molecule has 0 aliphatic heterocycles. The number of benzene rings is 2. The molecule has 0 radical (unpaired) electrons. The maximum absolute atomic E-state index is 13.7. The molecular weight excluding hydrogens is 550 g/mol. The van der Waals surface area contributed by atoms with Crippen molar-refractivity contribution in [2.24, 2.45) is 0 Å². The van der Waals surface area contributed by atoms with Gasteiger partial charge in [0, 0.05) is 42.0 Å². The maximum atomic E-state index is 13.7. The van der Waals surface area contributed by atoms with E-state index in [1.165, 1.54) is 48.8 Å². The lowest BCUT2D eigenvalue weighted by Crippen LogP contribution is -2.31. The summed E-state index contributed by atoms with van der Waals surface area (Å²) in [4.78, 5) is 31.5. The van der Waals surface area contributed by atoms with E-state index in [0.29, 0.717) is 22.5 Å². The Bertz CT molecular complexity index is 1810. The Morgan fingerprint density at radius 3 is 2.41 bits per heavy atom. The minimum absolute atomic E-state index is 0.0130. The van der Waals surface area contributed by atoms with Crippen molar-refractivity contribution in [2.45, 2.75) is 37.8 Å². The van der Waals surface area contributed by atoms with Gasteiger partial charge in [-0.25, -0.2) is 17.2 Å². The molecule has 1 atom stereocenters. The Labute approximate surface area is 235 Å². The molecule has 1 N–H and O–H groups in total. The van der Waals surface area contributed by atoms with Crippen LogP contribution in [0.1, 0.15) is 57.8 Å². The monoisotopic (exact) mass is 576 g/mol. The molecule has 11 heteroatoms. The van der Waals surface area contributed by atoms with Crippen molar-refractivity contribution in [1.82, 2.24) is 14.9 Å². The molecule has 0 aliphatic carbocycles. The highest BCUT2D eigenvalue weighted by atomic mass is 32.2. The molecule has 0 spiro atoms. The molecule has 0 saturated heterocycles. The van der Waals surface area contributed by atoms with Gasteiger partial charge in [-0.3, -0.25) is 14.6 Å². The standard InChI is InChI=1S/C30H26F2N4O4S/c1-18(26-12-9-21(14-33)16-34-26)36-17-25(30(38)35-15-20-7-10-24(11-8-20)41(3,39)40)28(37)27(19(36)2)22-5-4-6-23(13-22)29(31)32/h4-13,16-18,29H,15H2,1-3H3,(H,35,38). The van der Waals surface area contributed by atoms with Crippen LogP contribution in [0.25, 0.3) is 11.1 Å². The number of amides is 1. The topological polar surface area (TPSA) is 122 Å². The minimum Gasteiger partial charge on any atom is -0.348 e. The zero-order valence-corrected chi connectivity index (χ0v) is 23.2. The third-order valence-electron chi connectivity index (χ3n) is 6.73. The zero-order chi connectivity index (χ0) is 29.9. The van der Waals surface area contributed by atoms with Crippen LogP contribution in [0.4, 0.5) is 8.78 Å². The van der Waals surface area contributed by atoms with Gasteiger partial charge < -0.3 is 9.88 Å². The second kappa shape index (κ2) is 11.8. The van der Waals surface area contributed by atoms with E-state index in [4.69, 9.17) is 5.26 Å². The molecular formula is C30H26F2N4O4S. The third-order valence-corrected chi connectivity index (χ3v) is 7.85. The maximum Gasteiger partial charge on any atom is 0.263 e. The average Bonchev–Trinajstić information content (AvgIpc) is 2.95. The van der Waals surface area contributed by atoms with Gasteiger partial charge in [-0.2, -0.15) is 5.26 Å².